The Morgan fingerprint density at radius 1 is 0.978 bits per heavy atom. The fourth-order valence-corrected chi connectivity index (χ4v) is 5.67. The van der Waals surface area contributed by atoms with Gasteiger partial charge in [-0.25, -0.2) is 22.2 Å². The van der Waals surface area contributed by atoms with Crippen molar-refractivity contribution in [2.45, 2.75) is 26.7 Å². The minimum atomic E-state index is -3.24. The fraction of sp³-hybridized carbons (Fsp3) is 0.226. The second-order valence-corrected chi connectivity index (χ2v) is 13.5. The number of fused-ring (bicyclic) bond motifs is 2. The van der Waals surface area contributed by atoms with Gasteiger partial charge in [-0.15, -0.1) is 0 Å². The van der Waals surface area contributed by atoms with E-state index in [-0.39, 0.29) is 46.6 Å². The average molecular weight is 631 g/mol. The number of halogens is 2. The Balaban J connectivity index is 1.39. The quantitative estimate of drug-likeness (QED) is 0.190. The standard InChI is InChI=1S/C31H28F2N8O3S/c1-16(2)8-24(42)37-21-12-19(13-34-14-21)27-26(33)25-23(15-36-27)40-41-30(25)31-38-22-4-6-35-28(29(22)39-31)18-9-17(10-20(32)11-18)5-7-45(3,43)44/h4,6,9-16H,5,7-8H2,1-3H3,(H,37,42)(H,38,39)(H,40,41). The van der Waals surface area contributed by atoms with Crippen LogP contribution < -0.4 is 5.32 Å². The fourth-order valence-electron chi connectivity index (χ4n) is 5.06. The third kappa shape index (κ3) is 6.41. The van der Waals surface area contributed by atoms with Crippen molar-refractivity contribution in [3.8, 4) is 34.0 Å². The number of rotatable bonds is 9. The number of benzene rings is 1. The highest BCUT2D eigenvalue weighted by Crippen LogP contribution is 2.34. The van der Waals surface area contributed by atoms with Crippen LogP contribution in [0, 0.1) is 17.6 Å². The molecule has 0 saturated carbocycles. The van der Waals surface area contributed by atoms with Crippen LogP contribution in [-0.4, -0.2) is 61.5 Å². The van der Waals surface area contributed by atoms with Gasteiger partial charge in [0, 0.05) is 36.2 Å². The molecule has 1 aromatic carbocycles. The van der Waals surface area contributed by atoms with Crippen LogP contribution in [0.3, 0.4) is 0 Å². The molecular formula is C31H28F2N8O3S. The third-order valence-electron chi connectivity index (χ3n) is 7.05. The second-order valence-electron chi connectivity index (χ2n) is 11.3. The molecule has 0 atom stereocenters. The number of carbonyl (C=O) groups excluding carboxylic acids is 1. The molecule has 3 N–H and O–H groups in total. The number of aromatic amines is 2. The lowest BCUT2D eigenvalue weighted by Crippen LogP contribution is -2.14. The number of hydrogen-bond acceptors (Lipinski definition) is 8. The van der Waals surface area contributed by atoms with Gasteiger partial charge in [-0.1, -0.05) is 13.8 Å². The van der Waals surface area contributed by atoms with E-state index in [4.69, 9.17) is 0 Å². The van der Waals surface area contributed by atoms with E-state index < -0.39 is 21.5 Å². The van der Waals surface area contributed by atoms with Crippen LogP contribution in [-0.2, 0) is 21.1 Å². The molecule has 0 aliphatic heterocycles. The van der Waals surface area contributed by atoms with Crippen molar-refractivity contribution in [1.82, 2.24) is 35.1 Å². The van der Waals surface area contributed by atoms with E-state index in [1.54, 1.807) is 18.2 Å². The van der Waals surface area contributed by atoms with Crippen molar-refractivity contribution in [3.05, 3.63) is 72.3 Å². The predicted octanol–water partition coefficient (Wildman–Crippen LogP) is 5.48. The highest BCUT2D eigenvalue weighted by Gasteiger charge is 2.22. The Morgan fingerprint density at radius 3 is 2.58 bits per heavy atom. The first kappa shape index (κ1) is 29.9. The van der Waals surface area contributed by atoms with E-state index >= 15 is 4.39 Å². The van der Waals surface area contributed by atoms with Gasteiger partial charge in [-0.3, -0.25) is 24.8 Å². The van der Waals surface area contributed by atoms with Gasteiger partial charge in [0.1, 0.15) is 32.6 Å². The molecule has 1 amide bonds. The number of imidazole rings is 1. The maximum Gasteiger partial charge on any atom is 0.224 e. The minimum absolute atomic E-state index is 0.0115. The molecule has 0 unspecified atom stereocenters. The summed E-state index contributed by atoms with van der Waals surface area (Å²) in [5, 5.41) is 10.0. The highest BCUT2D eigenvalue weighted by atomic mass is 32.2. The van der Waals surface area contributed by atoms with Gasteiger partial charge in [0.2, 0.25) is 5.91 Å². The summed E-state index contributed by atoms with van der Waals surface area (Å²) in [4.78, 5) is 33.0. The van der Waals surface area contributed by atoms with Crippen molar-refractivity contribution in [1.29, 1.82) is 0 Å². The molecule has 0 aliphatic rings. The van der Waals surface area contributed by atoms with Gasteiger partial charge < -0.3 is 10.3 Å². The smallest absolute Gasteiger partial charge is 0.224 e. The highest BCUT2D eigenvalue weighted by molar-refractivity contribution is 7.90. The van der Waals surface area contributed by atoms with Crippen molar-refractivity contribution >= 4 is 43.4 Å². The van der Waals surface area contributed by atoms with Gasteiger partial charge in [0.25, 0.3) is 0 Å². The van der Waals surface area contributed by atoms with E-state index in [1.807, 2.05) is 13.8 Å². The first-order valence-electron chi connectivity index (χ1n) is 14.1. The van der Waals surface area contributed by atoms with Gasteiger partial charge in [0.15, 0.2) is 11.6 Å². The molecule has 45 heavy (non-hydrogen) atoms. The van der Waals surface area contributed by atoms with Gasteiger partial charge in [-0.05, 0) is 48.2 Å². The molecule has 0 fully saturated rings. The zero-order valence-electron chi connectivity index (χ0n) is 24.5. The molecule has 0 saturated heterocycles. The zero-order valence-corrected chi connectivity index (χ0v) is 25.3. The number of nitrogens with one attached hydrogen (secondary N) is 3. The molecule has 0 aliphatic carbocycles. The molecule has 14 heteroatoms. The monoisotopic (exact) mass is 630 g/mol. The number of hydrogen-bond donors (Lipinski definition) is 3. The van der Waals surface area contributed by atoms with Crippen LogP contribution >= 0.6 is 0 Å². The summed E-state index contributed by atoms with van der Waals surface area (Å²) in [6.07, 6.45) is 7.53. The number of amides is 1. The van der Waals surface area contributed by atoms with Crippen LogP contribution in [0.4, 0.5) is 14.5 Å². The van der Waals surface area contributed by atoms with Gasteiger partial charge in [-0.2, -0.15) is 5.10 Å². The lowest BCUT2D eigenvalue weighted by Gasteiger charge is -2.09. The first-order chi connectivity index (χ1) is 21.4. The zero-order chi connectivity index (χ0) is 31.9. The number of pyridine rings is 3. The molecule has 5 heterocycles. The number of sulfone groups is 1. The van der Waals surface area contributed by atoms with Crippen LogP contribution in [0.1, 0.15) is 25.8 Å². The maximum atomic E-state index is 16.2. The van der Waals surface area contributed by atoms with Crippen molar-refractivity contribution in [2.75, 3.05) is 17.3 Å². The molecule has 6 rings (SSSR count). The van der Waals surface area contributed by atoms with Gasteiger partial charge in [0.05, 0.1) is 45.9 Å². The van der Waals surface area contributed by atoms with E-state index in [0.29, 0.717) is 51.0 Å². The molecular weight excluding hydrogens is 602 g/mol. The lowest BCUT2D eigenvalue weighted by atomic mass is 10.0. The molecule has 0 radical (unpaired) electrons. The summed E-state index contributed by atoms with van der Waals surface area (Å²) in [5.74, 6) is -1.09. The Bertz CT molecular complexity index is 2190. The number of anilines is 1. The summed E-state index contributed by atoms with van der Waals surface area (Å²) < 4.78 is 54.1. The average Bonchev–Trinajstić information content (AvgIpc) is 3.60. The SMILES string of the molecule is CC(C)CC(=O)Nc1cncc(-c2ncc3[nH]nc(-c4nc5c(-c6cc(F)cc(CCS(C)(=O)=O)c6)nccc5[nH]4)c3c2F)c1. The predicted molar refractivity (Wildman–Crippen MR) is 167 cm³/mol. The molecule has 230 valence electrons. The number of H-pyrrole nitrogens is 2. The van der Waals surface area contributed by atoms with E-state index in [2.05, 4.69) is 40.4 Å². The molecule has 0 spiro atoms. The topological polar surface area (TPSA) is 159 Å². The van der Waals surface area contributed by atoms with Crippen LogP contribution in [0.5, 0.6) is 0 Å². The normalized spacial score (nSPS) is 12.0. The Labute approximate surface area is 256 Å². The van der Waals surface area contributed by atoms with E-state index in [0.717, 1.165) is 6.26 Å². The van der Waals surface area contributed by atoms with E-state index in [1.165, 1.54) is 36.9 Å². The first-order valence-corrected chi connectivity index (χ1v) is 16.1. The summed E-state index contributed by atoms with van der Waals surface area (Å²) >= 11 is 0. The minimum Gasteiger partial charge on any atom is -0.336 e. The Hall–Kier alpha value is -5.11. The van der Waals surface area contributed by atoms with Crippen molar-refractivity contribution < 1.29 is 22.0 Å². The summed E-state index contributed by atoms with van der Waals surface area (Å²) in [5.41, 5.74) is 3.54. The number of aryl methyl sites for hydroxylation is 1. The summed E-state index contributed by atoms with van der Waals surface area (Å²) in [7, 11) is -3.24. The van der Waals surface area contributed by atoms with Crippen LogP contribution in [0.2, 0.25) is 0 Å². The molecule has 6 aromatic rings. The Morgan fingerprint density at radius 2 is 1.80 bits per heavy atom. The lowest BCUT2D eigenvalue weighted by molar-refractivity contribution is -0.116. The van der Waals surface area contributed by atoms with E-state index in [9.17, 15) is 17.6 Å². The van der Waals surface area contributed by atoms with Gasteiger partial charge >= 0.3 is 0 Å². The molecule has 5 aromatic heterocycles. The summed E-state index contributed by atoms with van der Waals surface area (Å²) in [6.45, 7) is 3.87. The molecule has 11 nitrogen and oxygen atoms in total. The van der Waals surface area contributed by atoms with Crippen molar-refractivity contribution in [3.63, 3.8) is 0 Å². The third-order valence-corrected chi connectivity index (χ3v) is 8.00. The van der Waals surface area contributed by atoms with Crippen molar-refractivity contribution in [2.24, 2.45) is 5.92 Å². The molecule has 0 bridgehead atoms. The maximum absolute atomic E-state index is 16.2. The number of carbonyl (C=O) groups is 1. The van der Waals surface area contributed by atoms with Crippen LogP contribution in [0.25, 0.3) is 56.0 Å². The Kier molecular flexibility index (Phi) is 7.83. The number of nitrogens with zero attached hydrogens (tertiary/aromatic N) is 5. The largest absolute Gasteiger partial charge is 0.336 e. The van der Waals surface area contributed by atoms with Crippen LogP contribution in [0.15, 0.2) is 55.1 Å². The second kappa shape index (κ2) is 11.8. The summed E-state index contributed by atoms with van der Waals surface area (Å²) in [6, 6.07) is 7.56. The number of aromatic nitrogens is 7.